The van der Waals surface area contributed by atoms with E-state index in [-0.39, 0.29) is 11.9 Å². The molecule has 3 N–H and O–H groups in total. The summed E-state index contributed by atoms with van der Waals surface area (Å²) in [6.07, 6.45) is 3.31. The highest BCUT2D eigenvalue weighted by Gasteiger charge is 2.06. The number of aromatic nitrogens is 1. The number of carbonyl (C=O) groups excluding carboxylic acids is 1. The lowest BCUT2D eigenvalue weighted by Crippen LogP contribution is -2.32. The number of primary amides is 1. The van der Waals surface area contributed by atoms with Gasteiger partial charge in [-0.2, -0.15) is 0 Å². The van der Waals surface area contributed by atoms with Crippen molar-refractivity contribution in [1.29, 1.82) is 0 Å². The largest absolute Gasteiger partial charge is 0.373 e. The quantitative estimate of drug-likeness (QED) is 0.679. The van der Waals surface area contributed by atoms with Gasteiger partial charge in [-0.1, -0.05) is 0 Å². The molecule has 0 aliphatic carbocycles. The summed E-state index contributed by atoms with van der Waals surface area (Å²) in [6.45, 7) is 1.70. The SMILES string of the molecule is C[C@@H](Nc1cccnc1)C(N)=O. The molecule has 1 heterocycles. The van der Waals surface area contributed by atoms with Crippen molar-refractivity contribution in [2.75, 3.05) is 5.32 Å². The Balaban J connectivity index is 2.58. The Morgan fingerprint density at radius 2 is 2.50 bits per heavy atom. The van der Waals surface area contributed by atoms with Gasteiger partial charge in [0, 0.05) is 12.4 Å². The highest BCUT2D eigenvalue weighted by Crippen LogP contribution is 2.03. The average molecular weight is 165 g/mol. The van der Waals surface area contributed by atoms with Crippen molar-refractivity contribution in [2.24, 2.45) is 5.73 Å². The van der Waals surface area contributed by atoms with Gasteiger partial charge < -0.3 is 11.1 Å². The fraction of sp³-hybridized carbons (Fsp3) is 0.250. The van der Waals surface area contributed by atoms with Crippen molar-refractivity contribution >= 4 is 11.6 Å². The van der Waals surface area contributed by atoms with Gasteiger partial charge in [0.15, 0.2) is 0 Å². The minimum Gasteiger partial charge on any atom is -0.373 e. The molecule has 12 heavy (non-hydrogen) atoms. The zero-order valence-electron chi connectivity index (χ0n) is 6.82. The van der Waals surface area contributed by atoms with Crippen LogP contribution in [0.4, 0.5) is 5.69 Å². The number of anilines is 1. The number of carbonyl (C=O) groups is 1. The van der Waals surface area contributed by atoms with Crippen molar-refractivity contribution in [2.45, 2.75) is 13.0 Å². The molecule has 0 spiro atoms. The highest BCUT2D eigenvalue weighted by molar-refractivity contribution is 5.82. The van der Waals surface area contributed by atoms with E-state index in [1.165, 1.54) is 0 Å². The number of hydrogen-bond acceptors (Lipinski definition) is 3. The summed E-state index contributed by atoms with van der Waals surface area (Å²) < 4.78 is 0. The number of hydrogen-bond donors (Lipinski definition) is 2. The maximum absolute atomic E-state index is 10.6. The van der Waals surface area contributed by atoms with Crippen LogP contribution in [-0.2, 0) is 4.79 Å². The van der Waals surface area contributed by atoms with Crippen LogP contribution < -0.4 is 11.1 Å². The summed E-state index contributed by atoms with van der Waals surface area (Å²) in [5.74, 6) is -0.376. The first kappa shape index (κ1) is 8.52. The first-order valence-electron chi connectivity index (χ1n) is 3.66. The molecular weight excluding hydrogens is 154 g/mol. The molecule has 1 rings (SSSR count). The Bertz CT molecular complexity index is 260. The lowest BCUT2D eigenvalue weighted by atomic mass is 10.3. The summed E-state index contributed by atoms with van der Waals surface area (Å²) in [7, 11) is 0. The van der Waals surface area contributed by atoms with Crippen LogP contribution >= 0.6 is 0 Å². The maximum Gasteiger partial charge on any atom is 0.239 e. The van der Waals surface area contributed by atoms with Gasteiger partial charge in [0.1, 0.15) is 6.04 Å². The minimum absolute atomic E-state index is 0.366. The molecule has 4 nitrogen and oxygen atoms in total. The lowest BCUT2D eigenvalue weighted by Gasteiger charge is -2.10. The Kier molecular flexibility index (Phi) is 2.63. The van der Waals surface area contributed by atoms with Gasteiger partial charge in [-0.25, -0.2) is 0 Å². The monoisotopic (exact) mass is 165 g/mol. The fourth-order valence-corrected chi connectivity index (χ4v) is 0.769. The van der Waals surface area contributed by atoms with E-state index in [2.05, 4.69) is 10.3 Å². The van der Waals surface area contributed by atoms with Gasteiger partial charge in [-0.05, 0) is 19.1 Å². The van der Waals surface area contributed by atoms with Gasteiger partial charge in [0.25, 0.3) is 0 Å². The molecule has 0 bridgehead atoms. The second kappa shape index (κ2) is 3.71. The van der Waals surface area contributed by atoms with Crippen LogP contribution in [0, 0.1) is 0 Å². The molecule has 0 aliphatic rings. The molecule has 0 saturated carbocycles. The van der Waals surface area contributed by atoms with E-state index < -0.39 is 0 Å². The van der Waals surface area contributed by atoms with Gasteiger partial charge in [0.05, 0.1) is 5.69 Å². The van der Waals surface area contributed by atoms with Gasteiger partial charge >= 0.3 is 0 Å². The Morgan fingerprint density at radius 1 is 1.75 bits per heavy atom. The topological polar surface area (TPSA) is 68.0 Å². The normalized spacial score (nSPS) is 12.1. The smallest absolute Gasteiger partial charge is 0.239 e. The predicted octanol–water partition coefficient (Wildman–Crippen LogP) is 0.367. The Labute approximate surface area is 70.8 Å². The minimum atomic E-state index is -0.376. The second-order valence-electron chi connectivity index (χ2n) is 2.51. The number of amides is 1. The van der Waals surface area contributed by atoms with Crippen LogP contribution in [0.25, 0.3) is 0 Å². The summed E-state index contributed by atoms with van der Waals surface area (Å²) in [4.78, 5) is 14.5. The zero-order chi connectivity index (χ0) is 8.97. The standard InChI is InChI=1S/C8H11N3O/c1-6(8(9)12)11-7-3-2-4-10-5-7/h2-6,11H,1H3,(H2,9,12)/t6-/m1/s1. The average Bonchev–Trinajstić information content (AvgIpc) is 2.06. The van der Waals surface area contributed by atoms with Crippen LogP contribution in [0.2, 0.25) is 0 Å². The maximum atomic E-state index is 10.6. The number of nitrogens with one attached hydrogen (secondary N) is 1. The van der Waals surface area contributed by atoms with E-state index in [9.17, 15) is 4.79 Å². The van der Waals surface area contributed by atoms with Crippen molar-refractivity contribution < 1.29 is 4.79 Å². The summed E-state index contributed by atoms with van der Waals surface area (Å²) in [5.41, 5.74) is 5.86. The van der Waals surface area contributed by atoms with Crippen molar-refractivity contribution in [3.8, 4) is 0 Å². The van der Waals surface area contributed by atoms with Gasteiger partial charge in [-0.3, -0.25) is 9.78 Å². The van der Waals surface area contributed by atoms with Gasteiger partial charge in [-0.15, -0.1) is 0 Å². The van der Waals surface area contributed by atoms with Crippen molar-refractivity contribution in [3.05, 3.63) is 24.5 Å². The molecule has 0 aliphatic heterocycles. The molecule has 1 atom stereocenters. The third-order valence-corrected chi connectivity index (χ3v) is 1.47. The molecule has 64 valence electrons. The summed E-state index contributed by atoms with van der Waals surface area (Å²) in [6, 6.07) is 3.25. The number of nitrogens with zero attached hydrogens (tertiary/aromatic N) is 1. The molecule has 0 saturated heterocycles. The highest BCUT2D eigenvalue weighted by atomic mass is 16.1. The Morgan fingerprint density at radius 3 is 3.00 bits per heavy atom. The van der Waals surface area contributed by atoms with Crippen molar-refractivity contribution in [1.82, 2.24) is 4.98 Å². The molecule has 0 fully saturated rings. The summed E-state index contributed by atoms with van der Waals surface area (Å²) >= 11 is 0. The third-order valence-electron chi connectivity index (χ3n) is 1.47. The van der Waals surface area contributed by atoms with E-state index in [4.69, 9.17) is 5.73 Å². The lowest BCUT2D eigenvalue weighted by molar-refractivity contribution is -0.118. The number of rotatable bonds is 3. The second-order valence-corrected chi connectivity index (χ2v) is 2.51. The van der Waals surface area contributed by atoms with Gasteiger partial charge in [0.2, 0.25) is 5.91 Å². The van der Waals surface area contributed by atoms with Crippen molar-refractivity contribution in [3.63, 3.8) is 0 Å². The first-order chi connectivity index (χ1) is 5.70. The third kappa shape index (κ3) is 2.23. The van der Waals surface area contributed by atoms with Crippen LogP contribution in [0.3, 0.4) is 0 Å². The van der Waals surface area contributed by atoms with E-state index in [0.29, 0.717) is 0 Å². The molecule has 1 aromatic rings. The summed E-state index contributed by atoms with van der Waals surface area (Å²) in [5, 5.41) is 2.90. The molecule has 0 radical (unpaired) electrons. The number of pyridine rings is 1. The van der Waals surface area contributed by atoms with Crippen LogP contribution in [0.5, 0.6) is 0 Å². The first-order valence-corrected chi connectivity index (χ1v) is 3.66. The van der Waals surface area contributed by atoms with Crippen LogP contribution in [-0.4, -0.2) is 16.9 Å². The van der Waals surface area contributed by atoms with Crippen LogP contribution in [0.1, 0.15) is 6.92 Å². The fourth-order valence-electron chi connectivity index (χ4n) is 0.769. The van der Waals surface area contributed by atoms with E-state index in [1.807, 2.05) is 6.07 Å². The molecule has 1 amide bonds. The van der Waals surface area contributed by atoms with E-state index >= 15 is 0 Å². The zero-order valence-corrected chi connectivity index (χ0v) is 6.82. The number of nitrogens with two attached hydrogens (primary N) is 1. The molecule has 4 heteroatoms. The molecular formula is C8H11N3O. The molecule has 1 aromatic heterocycles. The van der Waals surface area contributed by atoms with Crippen LogP contribution in [0.15, 0.2) is 24.5 Å². The van der Waals surface area contributed by atoms with E-state index in [0.717, 1.165) is 5.69 Å². The molecule has 0 aromatic carbocycles. The van der Waals surface area contributed by atoms with E-state index in [1.54, 1.807) is 25.4 Å². The molecule has 0 unspecified atom stereocenters. The predicted molar refractivity (Wildman–Crippen MR) is 46.5 cm³/mol. The Hall–Kier alpha value is -1.58.